The summed E-state index contributed by atoms with van der Waals surface area (Å²) in [5.74, 6) is -0.257. The maximum absolute atomic E-state index is 10.9. The highest BCUT2D eigenvalue weighted by Crippen LogP contribution is 2.20. The Balaban J connectivity index is 2.52. The van der Waals surface area contributed by atoms with Crippen LogP contribution in [0.2, 0.25) is 0 Å². The molecule has 0 saturated heterocycles. The molecule has 2 heterocycles. The number of hydrogen-bond acceptors (Lipinski definition) is 3. The van der Waals surface area contributed by atoms with Gasteiger partial charge in [0.05, 0.1) is 12.2 Å². The number of nitrogens with zero attached hydrogens (tertiary/aromatic N) is 2. The molecule has 0 fully saturated rings. The van der Waals surface area contributed by atoms with Crippen molar-refractivity contribution in [3.05, 3.63) is 17.2 Å². The van der Waals surface area contributed by atoms with Crippen molar-refractivity contribution in [2.45, 2.75) is 32.4 Å². The number of aromatic nitrogens is 2. The smallest absolute Gasteiger partial charge is 0.356 e. The highest BCUT2D eigenvalue weighted by atomic mass is 16.4. The Morgan fingerprint density at radius 1 is 1.57 bits per heavy atom. The summed E-state index contributed by atoms with van der Waals surface area (Å²) in [5, 5.41) is 8.93. The standard InChI is InChI=1S/C9H13N3O2/c10-5-7-11-8(9(13)14)6-3-1-2-4-12(6)7/h1-5,10H2,(H,13,14). The van der Waals surface area contributed by atoms with Crippen LogP contribution >= 0.6 is 0 Å². The molecular weight excluding hydrogens is 182 g/mol. The summed E-state index contributed by atoms with van der Waals surface area (Å²) in [7, 11) is 0. The molecule has 3 N–H and O–H groups in total. The Morgan fingerprint density at radius 3 is 3.00 bits per heavy atom. The summed E-state index contributed by atoms with van der Waals surface area (Å²) in [6, 6.07) is 0. The summed E-state index contributed by atoms with van der Waals surface area (Å²) < 4.78 is 1.95. The van der Waals surface area contributed by atoms with Crippen molar-refractivity contribution in [3.63, 3.8) is 0 Å². The topological polar surface area (TPSA) is 81.1 Å². The van der Waals surface area contributed by atoms with E-state index in [2.05, 4.69) is 4.98 Å². The first-order valence-corrected chi connectivity index (χ1v) is 4.75. The minimum Gasteiger partial charge on any atom is -0.476 e. The van der Waals surface area contributed by atoms with E-state index >= 15 is 0 Å². The summed E-state index contributed by atoms with van der Waals surface area (Å²) in [4.78, 5) is 14.9. The molecule has 1 aromatic rings. The van der Waals surface area contributed by atoms with Gasteiger partial charge >= 0.3 is 5.97 Å². The van der Waals surface area contributed by atoms with Gasteiger partial charge in [-0.2, -0.15) is 0 Å². The molecule has 5 heteroatoms. The van der Waals surface area contributed by atoms with E-state index in [-0.39, 0.29) is 5.69 Å². The molecule has 0 atom stereocenters. The predicted molar refractivity (Wildman–Crippen MR) is 50.0 cm³/mol. The number of fused-ring (bicyclic) bond motifs is 1. The van der Waals surface area contributed by atoms with E-state index in [9.17, 15) is 4.79 Å². The van der Waals surface area contributed by atoms with Crippen LogP contribution < -0.4 is 5.73 Å². The summed E-state index contributed by atoms with van der Waals surface area (Å²) in [6.07, 6.45) is 2.92. The van der Waals surface area contributed by atoms with Crippen molar-refractivity contribution in [1.29, 1.82) is 0 Å². The van der Waals surface area contributed by atoms with Crippen molar-refractivity contribution < 1.29 is 9.90 Å². The van der Waals surface area contributed by atoms with Gasteiger partial charge in [0.2, 0.25) is 0 Å². The first kappa shape index (κ1) is 9.21. The number of carbonyl (C=O) groups is 1. The zero-order valence-electron chi connectivity index (χ0n) is 7.86. The zero-order chi connectivity index (χ0) is 10.1. The molecule has 2 rings (SSSR count). The van der Waals surface area contributed by atoms with Gasteiger partial charge in [0.15, 0.2) is 5.69 Å². The van der Waals surface area contributed by atoms with E-state index < -0.39 is 5.97 Å². The average Bonchev–Trinajstić information content (AvgIpc) is 2.56. The van der Waals surface area contributed by atoms with Crippen LogP contribution in [0.3, 0.4) is 0 Å². The highest BCUT2D eigenvalue weighted by Gasteiger charge is 2.22. The minimum absolute atomic E-state index is 0.185. The van der Waals surface area contributed by atoms with Crippen molar-refractivity contribution in [1.82, 2.24) is 9.55 Å². The number of nitrogens with two attached hydrogens (primary N) is 1. The van der Waals surface area contributed by atoms with E-state index in [1.807, 2.05) is 4.57 Å². The second kappa shape index (κ2) is 3.42. The molecule has 0 aromatic carbocycles. The molecule has 0 aliphatic carbocycles. The molecule has 0 spiro atoms. The fourth-order valence-electron chi connectivity index (χ4n) is 1.94. The van der Waals surface area contributed by atoms with Gasteiger partial charge in [-0.05, 0) is 19.3 Å². The van der Waals surface area contributed by atoms with Crippen LogP contribution in [-0.4, -0.2) is 20.6 Å². The maximum atomic E-state index is 10.9. The van der Waals surface area contributed by atoms with Gasteiger partial charge in [0.25, 0.3) is 0 Å². The van der Waals surface area contributed by atoms with Crippen molar-refractivity contribution in [2.24, 2.45) is 5.73 Å². The lowest BCUT2D eigenvalue weighted by atomic mass is 10.1. The summed E-state index contributed by atoms with van der Waals surface area (Å²) in [6.45, 7) is 1.16. The van der Waals surface area contributed by atoms with Gasteiger partial charge in [0.1, 0.15) is 5.82 Å². The van der Waals surface area contributed by atoms with Gasteiger partial charge in [0, 0.05) is 6.54 Å². The van der Waals surface area contributed by atoms with Crippen LogP contribution in [0.15, 0.2) is 0 Å². The highest BCUT2D eigenvalue weighted by molar-refractivity contribution is 5.86. The normalized spacial score (nSPS) is 15.2. The molecule has 1 aliphatic heterocycles. The summed E-state index contributed by atoms with van der Waals surface area (Å²) >= 11 is 0. The Hall–Kier alpha value is -1.36. The predicted octanol–water partition coefficient (Wildman–Crippen LogP) is 0.376. The van der Waals surface area contributed by atoms with Crippen LogP contribution in [0.4, 0.5) is 0 Å². The Labute approximate surface area is 81.5 Å². The lowest BCUT2D eigenvalue weighted by molar-refractivity contribution is 0.0689. The second-order valence-electron chi connectivity index (χ2n) is 3.44. The number of rotatable bonds is 2. The third-order valence-electron chi connectivity index (χ3n) is 2.58. The zero-order valence-corrected chi connectivity index (χ0v) is 7.86. The van der Waals surface area contributed by atoms with E-state index in [1.54, 1.807) is 0 Å². The molecule has 0 saturated carbocycles. The molecule has 1 aliphatic rings. The first-order chi connectivity index (χ1) is 6.74. The molecule has 1 aromatic heterocycles. The third-order valence-corrected chi connectivity index (χ3v) is 2.58. The molecule has 76 valence electrons. The van der Waals surface area contributed by atoms with Crippen molar-refractivity contribution >= 4 is 5.97 Å². The van der Waals surface area contributed by atoms with E-state index in [0.717, 1.165) is 31.5 Å². The van der Waals surface area contributed by atoms with Crippen LogP contribution in [0.5, 0.6) is 0 Å². The van der Waals surface area contributed by atoms with E-state index in [4.69, 9.17) is 10.8 Å². The molecule has 5 nitrogen and oxygen atoms in total. The van der Waals surface area contributed by atoms with Gasteiger partial charge in [-0.1, -0.05) is 0 Å². The lowest BCUT2D eigenvalue weighted by Gasteiger charge is -2.16. The Kier molecular flexibility index (Phi) is 2.25. The molecule has 0 radical (unpaired) electrons. The van der Waals surface area contributed by atoms with Crippen LogP contribution in [0.1, 0.15) is 34.8 Å². The van der Waals surface area contributed by atoms with Crippen LogP contribution in [-0.2, 0) is 19.5 Å². The molecule has 0 unspecified atom stereocenters. The van der Waals surface area contributed by atoms with Crippen molar-refractivity contribution in [3.8, 4) is 0 Å². The van der Waals surface area contributed by atoms with E-state index in [0.29, 0.717) is 12.4 Å². The number of imidazole rings is 1. The monoisotopic (exact) mass is 195 g/mol. The molecule has 14 heavy (non-hydrogen) atoms. The van der Waals surface area contributed by atoms with Crippen LogP contribution in [0, 0.1) is 0 Å². The van der Waals surface area contributed by atoms with Gasteiger partial charge in [-0.25, -0.2) is 9.78 Å². The Bertz CT molecular complexity index is 370. The Morgan fingerprint density at radius 2 is 2.36 bits per heavy atom. The fourth-order valence-corrected chi connectivity index (χ4v) is 1.94. The first-order valence-electron chi connectivity index (χ1n) is 4.75. The summed E-state index contributed by atoms with van der Waals surface area (Å²) in [5.41, 5.74) is 6.53. The SMILES string of the molecule is NCc1nc(C(=O)O)c2n1CCCC2. The van der Waals surface area contributed by atoms with Gasteiger partial charge < -0.3 is 15.4 Å². The average molecular weight is 195 g/mol. The number of aromatic carboxylic acids is 1. The molecule has 0 bridgehead atoms. The van der Waals surface area contributed by atoms with Gasteiger partial charge in [-0.3, -0.25) is 0 Å². The number of hydrogen-bond donors (Lipinski definition) is 2. The maximum Gasteiger partial charge on any atom is 0.356 e. The lowest BCUT2D eigenvalue weighted by Crippen LogP contribution is -2.15. The second-order valence-corrected chi connectivity index (χ2v) is 3.44. The van der Waals surface area contributed by atoms with Gasteiger partial charge in [-0.15, -0.1) is 0 Å². The number of carboxylic acid groups (broad SMARTS) is 1. The van der Waals surface area contributed by atoms with Crippen LogP contribution in [0.25, 0.3) is 0 Å². The molecular formula is C9H13N3O2. The molecule has 0 amide bonds. The number of carboxylic acids is 1. The van der Waals surface area contributed by atoms with E-state index in [1.165, 1.54) is 0 Å². The fraction of sp³-hybridized carbons (Fsp3) is 0.556. The largest absolute Gasteiger partial charge is 0.476 e. The minimum atomic E-state index is -0.949. The van der Waals surface area contributed by atoms with Crippen molar-refractivity contribution in [2.75, 3.05) is 0 Å². The third kappa shape index (κ3) is 1.29. The quantitative estimate of drug-likeness (QED) is 0.714.